The molecular weight excluding hydrogens is 581 g/mol. The quantitative estimate of drug-likeness (QED) is 0.285. The number of carbonyl (C=O) groups is 1. The number of nitrogens with one attached hydrogen (secondary N) is 2. The van der Waals surface area contributed by atoms with E-state index in [-0.39, 0.29) is 28.8 Å². The van der Waals surface area contributed by atoms with Crippen LogP contribution in [0.5, 0.6) is 0 Å². The average Bonchev–Trinajstić information content (AvgIpc) is 3.41. The minimum Gasteiger partial charge on any atom is -0.375 e. The number of aromatic amines is 1. The molecule has 42 heavy (non-hydrogen) atoms. The lowest BCUT2D eigenvalue weighted by molar-refractivity contribution is -0.125. The summed E-state index contributed by atoms with van der Waals surface area (Å²) in [6.07, 6.45) is 6.33. The monoisotopic (exact) mass is 611 g/mol. The van der Waals surface area contributed by atoms with Gasteiger partial charge in [0.15, 0.2) is 0 Å². The van der Waals surface area contributed by atoms with Gasteiger partial charge in [-0.05, 0) is 87.1 Å². The summed E-state index contributed by atoms with van der Waals surface area (Å²) in [5.41, 5.74) is 2.19. The molecule has 1 saturated carbocycles. The maximum atomic E-state index is 13.5. The Bertz CT molecular complexity index is 1660. The number of fused-ring (bicyclic) bond motifs is 1. The van der Waals surface area contributed by atoms with Crippen LogP contribution in [-0.4, -0.2) is 54.6 Å². The molecule has 2 aromatic carbocycles. The van der Waals surface area contributed by atoms with Crippen molar-refractivity contribution in [2.24, 2.45) is 5.92 Å². The van der Waals surface area contributed by atoms with Crippen molar-refractivity contribution in [3.8, 4) is 11.4 Å². The van der Waals surface area contributed by atoms with Gasteiger partial charge in [0.2, 0.25) is 5.91 Å². The Morgan fingerprint density at radius 3 is 2.38 bits per heavy atom. The van der Waals surface area contributed by atoms with Crippen molar-refractivity contribution in [1.29, 1.82) is 0 Å². The van der Waals surface area contributed by atoms with Gasteiger partial charge in [-0.1, -0.05) is 11.6 Å². The molecule has 220 valence electrons. The molecule has 1 amide bonds. The average molecular weight is 612 g/mol. The fraction of sp³-hybridized carbons (Fsp3) is 0.367. The van der Waals surface area contributed by atoms with Crippen molar-refractivity contribution >= 4 is 44.4 Å². The lowest BCUT2D eigenvalue weighted by Crippen LogP contribution is -2.41. The number of imidazole rings is 1. The highest BCUT2D eigenvalue weighted by Gasteiger charge is 2.31. The molecule has 2 aromatic heterocycles. The minimum absolute atomic E-state index is 0.0128. The molecule has 0 unspecified atom stereocenters. The highest BCUT2D eigenvalue weighted by molar-refractivity contribution is 7.90. The van der Waals surface area contributed by atoms with Crippen LogP contribution in [0, 0.1) is 11.7 Å². The molecule has 0 atom stereocenters. The maximum absolute atomic E-state index is 13.5. The van der Waals surface area contributed by atoms with Gasteiger partial charge in [0.1, 0.15) is 17.5 Å². The molecule has 1 saturated heterocycles. The van der Waals surface area contributed by atoms with Crippen molar-refractivity contribution in [2.75, 3.05) is 18.0 Å². The largest absolute Gasteiger partial charge is 0.375 e. The highest BCUT2D eigenvalue weighted by atomic mass is 35.5. The van der Waals surface area contributed by atoms with E-state index in [0.717, 1.165) is 55.7 Å². The Labute approximate surface area is 248 Å². The minimum atomic E-state index is -3.93. The zero-order valence-electron chi connectivity index (χ0n) is 22.8. The Morgan fingerprint density at radius 1 is 0.976 bits per heavy atom. The predicted octanol–water partition coefficient (Wildman–Crippen LogP) is 5.47. The zero-order chi connectivity index (χ0) is 29.3. The van der Waals surface area contributed by atoms with Gasteiger partial charge < -0.3 is 14.6 Å². The molecule has 9 nitrogen and oxygen atoms in total. The number of piperidine rings is 1. The highest BCUT2D eigenvalue weighted by Crippen LogP contribution is 2.30. The van der Waals surface area contributed by atoms with Crippen LogP contribution in [0.2, 0.25) is 5.02 Å². The first-order chi connectivity index (χ1) is 20.2. The first-order valence-corrected chi connectivity index (χ1v) is 15.9. The third kappa shape index (κ3) is 6.43. The van der Waals surface area contributed by atoms with Crippen LogP contribution < -0.4 is 9.62 Å². The molecular formula is C30H31ClFN5O4S. The molecule has 12 heteroatoms. The second-order valence-corrected chi connectivity index (χ2v) is 13.0. The van der Waals surface area contributed by atoms with Crippen molar-refractivity contribution in [2.45, 2.75) is 55.6 Å². The summed E-state index contributed by atoms with van der Waals surface area (Å²) in [4.78, 5) is 27.3. The number of sulfonamides is 1. The number of pyridine rings is 1. The number of H-pyrrole nitrogens is 1. The van der Waals surface area contributed by atoms with E-state index in [1.54, 1.807) is 12.3 Å². The fourth-order valence-electron chi connectivity index (χ4n) is 5.67. The summed E-state index contributed by atoms with van der Waals surface area (Å²) in [6, 6.07) is 14.2. The summed E-state index contributed by atoms with van der Waals surface area (Å²) in [5.74, 6) is 0.393. The SMILES string of the molecule is O=C(NS(=O)(=O)c1ccc(Cl)cc1)[C@H]1CC[C@H](OC2CCN(c3ccc(-c4nc5cc(F)ccc5[nH]4)cn3)CC2)CC1. The van der Waals surface area contributed by atoms with Gasteiger partial charge in [-0.3, -0.25) is 4.79 Å². The molecule has 4 aromatic rings. The predicted molar refractivity (Wildman–Crippen MR) is 158 cm³/mol. The maximum Gasteiger partial charge on any atom is 0.264 e. The number of rotatable bonds is 7. The Hall–Kier alpha value is -3.54. The van der Waals surface area contributed by atoms with E-state index in [9.17, 15) is 17.6 Å². The third-order valence-corrected chi connectivity index (χ3v) is 9.64. The van der Waals surface area contributed by atoms with E-state index in [1.807, 2.05) is 12.1 Å². The van der Waals surface area contributed by atoms with Gasteiger partial charge in [0.05, 0.1) is 28.1 Å². The zero-order valence-corrected chi connectivity index (χ0v) is 24.4. The molecule has 2 fully saturated rings. The van der Waals surface area contributed by atoms with Crippen LogP contribution in [0.3, 0.4) is 0 Å². The number of benzene rings is 2. The Kier molecular flexibility index (Phi) is 8.15. The molecule has 6 rings (SSSR count). The fourth-order valence-corrected chi connectivity index (χ4v) is 6.84. The summed E-state index contributed by atoms with van der Waals surface area (Å²) >= 11 is 5.84. The van der Waals surface area contributed by atoms with Crippen LogP contribution >= 0.6 is 11.6 Å². The third-order valence-electron chi connectivity index (χ3n) is 8.02. The second-order valence-electron chi connectivity index (χ2n) is 10.9. The number of carbonyl (C=O) groups excluding carboxylic acids is 1. The number of nitrogens with zero attached hydrogens (tertiary/aromatic N) is 3. The number of aromatic nitrogens is 3. The van der Waals surface area contributed by atoms with Crippen molar-refractivity contribution in [3.63, 3.8) is 0 Å². The molecule has 2 aliphatic rings. The number of hydrogen-bond donors (Lipinski definition) is 2. The summed E-state index contributed by atoms with van der Waals surface area (Å²) in [7, 11) is -3.93. The first kappa shape index (κ1) is 28.6. The van der Waals surface area contributed by atoms with Crippen molar-refractivity contribution in [3.05, 3.63) is 71.6 Å². The lowest BCUT2D eigenvalue weighted by Gasteiger charge is -2.36. The molecule has 0 bridgehead atoms. The number of ether oxygens (including phenoxy) is 1. The lowest BCUT2D eigenvalue weighted by atomic mass is 9.87. The molecule has 3 heterocycles. The number of amides is 1. The molecule has 1 aliphatic carbocycles. The second kappa shape index (κ2) is 12.0. The van der Waals surface area contributed by atoms with Crippen LogP contribution in [0.15, 0.2) is 65.7 Å². The topological polar surface area (TPSA) is 117 Å². The molecule has 0 radical (unpaired) electrons. The van der Waals surface area contributed by atoms with E-state index in [4.69, 9.17) is 16.3 Å². The van der Waals surface area contributed by atoms with Crippen molar-refractivity contribution in [1.82, 2.24) is 19.7 Å². The van der Waals surface area contributed by atoms with Gasteiger partial charge in [0, 0.05) is 41.9 Å². The van der Waals surface area contributed by atoms with Crippen LogP contribution in [0.1, 0.15) is 38.5 Å². The van der Waals surface area contributed by atoms with Gasteiger partial charge >= 0.3 is 0 Å². The molecule has 2 N–H and O–H groups in total. The molecule has 0 spiro atoms. The van der Waals surface area contributed by atoms with E-state index < -0.39 is 15.9 Å². The van der Waals surface area contributed by atoms with Crippen LogP contribution in [-0.2, 0) is 19.6 Å². The van der Waals surface area contributed by atoms with Gasteiger partial charge in [-0.15, -0.1) is 0 Å². The number of halogens is 2. The number of anilines is 1. The summed E-state index contributed by atoms with van der Waals surface area (Å²) in [5, 5.41) is 0.426. The first-order valence-electron chi connectivity index (χ1n) is 14.1. The van der Waals surface area contributed by atoms with Gasteiger partial charge in [-0.2, -0.15) is 0 Å². The van der Waals surface area contributed by atoms with Crippen molar-refractivity contribution < 1.29 is 22.3 Å². The van der Waals surface area contributed by atoms with Gasteiger partial charge in [0.25, 0.3) is 10.0 Å². The van der Waals surface area contributed by atoms with Gasteiger partial charge in [-0.25, -0.2) is 27.5 Å². The summed E-state index contributed by atoms with van der Waals surface area (Å²) in [6.45, 7) is 1.64. The normalized spacial score (nSPS) is 20.1. The summed E-state index contributed by atoms with van der Waals surface area (Å²) < 4.78 is 47.2. The van der Waals surface area contributed by atoms with E-state index >= 15 is 0 Å². The van der Waals surface area contributed by atoms with E-state index in [0.29, 0.717) is 29.2 Å². The van der Waals surface area contributed by atoms with E-state index in [2.05, 4.69) is 24.6 Å². The Morgan fingerprint density at radius 2 is 1.69 bits per heavy atom. The van der Waals surface area contributed by atoms with Crippen LogP contribution in [0.25, 0.3) is 22.4 Å². The Balaban J connectivity index is 0.956. The number of hydrogen-bond acceptors (Lipinski definition) is 7. The standard InChI is InChI=1S/C30H31ClFN5O4S/c31-21-4-9-25(10-5-21)42(39,40)36-30(38)19-1-7-23(8-2-19)41-24-13-15-37(16-14-24)28-12-3-20(18-33-28)29-34-26-11-6-22(32)17-27(26)35-29/h3-6,9-12,17-19,23-24H,1-2,7-8,13-16H2,(H,34,35)(H,36,38)/t19-,23-. The molecule has 1 aliphatic heterocycles. The van der Waals surface area contributed by atoms with Crippen LogP contribution in [0.4, 0.5) is 10.2 Å². The van der Waals surface area contributed by atoms with E-state index in [1.165, 1.54) is 36.4 Å². The smallest absolute Gasteiger partial charge is 0.264 e.